The Bertz CT molecular complexity index is 178. The molecule has 0 aromatic rings. The van der Waals surface area contributed by atoms with Gasteiger partial charge in [0, 0.05) is 19.1 Å². The van der Waals surface area contributed by atoms with Crippen molar-refractivity contribution >= 4 is 0 Å². The van der Waals surface area contributed by atoms with Gasteiger partial charge in [-0.05, 0) is 31.8 Å². The zero-order valence-electron chi connectivity index (χ0n) is 12.4. The quantitative estimate of drug-likeness (QED) is 0.687. The molecule has 1 N–H and O–H groups in total. The maximum absolute atomic E-state index is 3.53. The van der Waals surface area contributed by atoms with Crippen LogP contribution in [-0.4, -0.2) is 37.6 Å². The third-order valence-corrected chi connectivity index (χ3v) is 3.68. The third kappa shape index (κ3) is 5.86. The molecule has 98 valence electrons. The number of hydrogen-bond donors (Lipinski definition) is 1. The van der Waals surface area contributed by atoms with Crippen molar-refractivity contribution in [3.05, 3.63) is 0 Å². The molecule has 0 aliphatic carbocycles. The fourth-order valence-electron chi connectivity index (χ4n) is 2.14. The van der Waals surface area contributed by atoms with Crippen molar-refractivity contribution in [2.75, 3.05) is 26.7 Å². The van der Waals surface area contributed by atoms with E-state index >= 15 is 0 Å². The van der Waals surface area contributed by atoms with E-state index in [0.29, 0.717) is 11.5 Å². The molecule has 0 saturated carbocycles. The van der Waals surface area contributed by atoms with Crippen LogP contribution in [0.2, 0.25) is 0 Å². The van der Waals surface area contributed by atoms with Gasteiger partial charge in [0.25, 0.3) is 0 Å². The maximum atomic E-state index is 3.53. The van der Waals surface area contributed by atoms with E-state index in [1.54, 1.807) is 0 Å². The number of rotatable bonds is 8. The lowest BCUT2D eigenvalue weighted by atomic mass is 9.84. The van der Waals surface area contributed by atoms with E-state index in [0.717, 1.165) is 19.0 Å². The lowest BCUT2D eigenvalue weighted by molar-refractivity contribution is 0.152. The van der Waals surface area contributed by atoms with Crippen LogP contribution in [0.25, 0.3) is 0 Å². The Labute approximate surface area is 103 Å². The summed E-state index contributed by atoms with van der Waals surface area (Å²) in [5, 5.41) is 3.53. The molecule has 0 aromatic carbocycles. The molecule has 0 bridgehead atoms. The minimum Gasteiger partial charge on any atom is -0.314 e. The highest BCUT2D eigenvalue weighted by Crippen LogP contribution is 2.22. The lowest BCUT2D eigenvalue weighted by Gasteiger charge is -2.36. The fourth-order valence-corrected chi connectivity index (χ4v) is 2.14. The molecule has 2 nitrogen and oxygen atoms in total. The van der Waals surface area contributed by atoms with Gasteiger partial charge in [-0.3, -0.25) is 0 Å². The number of nitrogens with zero attached hydrogens (tertiary/aromatic N) is 1. The average Bonchev–Trinajstić information content (AvgIpc) is 2.16. The Morgan fingerprint density at radius 3 is 2.19 bits per heavy atom. The summed E-state index contributed by atoms with van der Waals surface area (Å²) >= 11 is 0. The largest absolute Gasteiger partial charge is 0.314 e. The van der Waals surface area contributed by atoms with Crippen molar-refractivity contribution in [3.63, 3.8) is 0 Å². The van der Waals surface area contributed by atoms with Gasteiger partial charge in [-0.25, -0.2) is 0 Å². The summed E-state index contributed by atoms with van der Waals surface area (Å²) in [6.45, 7) is 17.2. The highest BCUT2D eigenvalue weighted by molar-refractivity contribution is 4.83. The smallest absolute Gasteiger partial charge is 0.0102 e. The first kappa shape index (κ1) is 15.9. The molecule has 0 aliphatic heterocycles. The molecule has 0 rings (SSSR count). The van der Waals surface area contributed by atoms with Crippen LogP contribution in [0.5, 0.6) is 0 Å². The summed E-state index contributed by atoms with van der Waals surface area (Å²) < 4.78 is 0. The molecule has 0 saturated heterocycles. The van der Waals surface area contributed by atoms with Gasteiger partial charge in [0.15, 0.2) is 0 Å². The van der Waals surface area contributed by atoms with E-state index in [1.165, 1.54) is 13.0 Å². The summed E-state index contributed by atoms with van der Waals surface area (Å²) in [6.07, 6.45) is 1.27. The van der Waals surface area contributed by atoms with Crippen LogP contribution in [0.3, 0.4) is 0 Å². The molecule has 0 fully saturated rings. The maximum Gasteiger partial charge on any atom is 0.0102 e. The molecule has 0 aromatic heterocycles. The summed E-state index contributed by atoms with van der Waals surface area (Å²) in [4.78, 5) is 2.47. The van der Waals surface area contributed by atoms with Gasteiger partial charge < -0.3 is 10.2 Å². The fraction of sp³-hybridized carbons (Fsp3) is 1.00. The molecule has 0 radical (unpaired) electrons. The van der Waals surface area contributed by atoms with Crippen LogP contribution in [0, 0.1) is 11.3 Å². The first-order valence-corrected chi connectivity index (χ1v) is 6.75. The third-order valence-electron chi connectivity index (χ3n) is 3.68. The van der Waals surface area contributed by atoms with E-state index in [9.17, 15) is 0 Å². The Hall–Kier alpha value is -0.0800. The Morgan fingerprint density at radius 2 is 1.75 bits per heavy atom. The molecule has 2 heteroatoms. The molecule has 2 unspecified atom stereocenters. The van der Waals surface area contributed by atoms with E-state index in [1.807, 2.05) is 0 Å². The first-order chi connectivity index (χ1) is 7.33. The molecule has 16 heavy (non-hydrogen) atoms. The van der Waals surface area contributed by atoms with Crippen LogP contribution >= 0.6 is 0 Å². The van der Waals surface area contributed by atoms with Crippen molar-refractivity contribution in [3.8, 4) is 0 Å². The van der Waals surface area contributed by atoms with Crippen LogP contribution < -0.4 is 5.32 Å². The van der Waals surface area contributed by atoms with Crippen LogP contribution in [0.4, 0.5) is 0 Å². The van der Waals surface area contributed by atoms with E-state index in [-0.39, 0.29) is 0 Å². The summed E-state index contributed by atoms with van der Waals surface area (Å²) in [6, 6.07) is 0.567. The summed E-state index contributed by atoms with van der Waals surface area (Å²) in [7, 11) is 2.24. The molecule has 0 heterocycles. The van der Waals surface area contributed by atoms with Gasteiger partial charge in [-0.1, -0.05) is 41.0 Å². The first-order valence-electron chi connectivity index (χ1n) is 6.75. The van der Waals surface area contributed by atoms with Gasteiger partial charge in [0.05, 0.1) is 0 Å². The Kier molecular flexibility index (Phi) is 7.25. The van der Waals surface area contributed by atoms with Gasteiger partial charge in [-0.15, -0.1) is 0 Å². The van der Waals surface area contributed by atoms with Gasteiger partial charge in [0.1, 0.15) is 0 Å². The number of nitrogens with one attached hydrogen (secondary N) is 1. The zero-order valence-corrected chi connectivity index (χ0v) is 12.4. The van der Waals surface area contributed by atoms with Crippen molar-refractivity contribution in [2.45, 2.75) is 54.0 Å². The lowest BCUT2D eigenvalue weighted by Crippen LogP contribution is -2.46. The molecule has 0 spiro atoms. The molecular weight excluding hydrogens is 196 g/mol. The van der Waals surface area contributed by atoms with Gasteiger partial charge >= 0.3 is 0 Å². The summed E-state index contributed by atoms with van der Waals surface area (Å²) in [5.41, 5.74) is 0.332. The van der Waals surface area contributed by atoms with Gasteiger partial charge in [0.2, 0.25) is 0 Å². The number of hydrogen-bond acceptors (Lipinski definition) is 2. The average molecular weight is 228 g/mol. The Morgan fingerprint density at radius 1 is 1.19 bits per heavy atom. The van der Waals surface area contributed by atoms with Crippen molar-refractivity contribution in [1.82, 2.24) is 10.2 Å². The van der Waals surface area contributed by atoms with Gasteiger partial charge in [-0.2, -0.15) is 0 Å². The highest BCUT2D eigenvalue weighted by Gasteiger charge is 2.26. The minimum atomic E-state index is 0.332. The van der Waals surface area contributed by atoms with E-state index in [4.69, 9.17) is 0 Å². The van der Waals surface area contributed by atoms with Crippen molar-refractivity contribution in [2.24, 2.45) is 11.3 Å². The predicted octanol–water partition coefficient (Wildman–Crippen LogP) is 2.99. The van der Waals surface area contributed by atoms with E-state index < -0.39 is 0 Å². The van der Waals surface area contributed by atoms with Crippen LogP contribution in [0.1, 0.15) is 48.0 Å². The van der Waals surface area contributed by atoms with Crippen molar-refractivity contribution < 1.29 is 0 Å². The molecule has 0 amide bonds. The summed E-state index contributed by atoms with van der Waals surface area (Å²) in [5.74, 6) is 0.801. The second kappa shape index (κ2) is 7.29. The SMILES string of the molecule is CCNC(C)C(C)(C)CN(C)CC(C)CC. The highest BCUT2D eigenvalue weighted by atomic mass is 15.1. The molecular formula is C14H32N2. The second-order valence-corrected chi connectivity index (χ2v) is 5.98. The monoisotopic (exact) mass is 228 g/mol. The molecule has 0 aliphatic rings. The zero-order chi connectivity index (χ0) is 12.8. The molecule has 2 atom stereocenters. The standard InChI is InChI=1S/C14H32N2/c1-8-12(3)10-16(7)11-14(5,6)13(4)15-9-2/h12-13,15H,8-11H2,1-7H3. The van der Waals surface area contributed by atoms with Crippen molar-refractivity contribution in [1.29, 1.82) is 0 Å². The topological polar surface area (TPSA) is 15.3 Å². The van der Waals surface area contributed by atoms with Crippen LogP contribution in [-0.2, 0) is 0 Å². The minimum absolute atomic E-state index is 0.332. The second-order valence-electron chi connectivity index (χ2n) is 5.98. The predicted molar refractivity (Wildman–Crippen MR) is 73.9 cm³/mol. The van der Waals surface area contributed by atoms with Crippen LogP contribution in [0.15, 0.2) is 0 Å². The normalized spacial score (nSPS) is 16.5. The van der Waals surface area contributed by atoms with E-state index in [2.05, 4.69) is 58.8 Å². The Balaban J connectivity index is 4.13.